The Kier molecular flexibility index (Phi) is 2.73. The van der Waals surface area contributed by atoms with Crippen molar-refractivity contribution in [3.8, 4) is 0 Å². The first kappa shape index (κ1) is 10.9. The topological polar surface area (TPSA) is 20.2 Å². The van der Waals surface area contributed by atoms with Crippen LogP contribution in [0.4, 0.5) is 4.39 Å². The minimum Gasteiger partial charge on any atom is -0.392 e. The molecule has 0 saturated heterocycles. The van der Waals surface area contributed by atoms with Gasteiger partial charge >= 0.3 is 0 Å². The maximum atomic E-state index is 13.0. The molecule has 1 nitrogen and oxygen atoms in total. The third kappa shape index (κ3) is 2.32. The molecular formula is C12H14ClFO. The number of halogens is 2. The Balaban J connectivity index is 2.13. The van der Waals surface area contributed by atoms with E-state index in [1.807, 2.05) is 6.92 Å². The van der Waals surface area contributed by atoms with Gasteiger partial charge in [0.1, 0.15) is 5.82 Å². The lowest BCUT2D eigenvalue weighted by Crippen LogP contribution is -2.21. The smallest absolute Gasteiger partial charge is 0.123 e. The van der Waals surface area contributed by atoms with E-state index in [4.69, 9.17) is 11.6 Å². The molecule has 1 N–H and O–H groups in total. The number of hydrogen-bond acceptors (Lipinski definition) is 1. The van der Waals surface area contributed by atoms with Crippen LogP contribution in [0.25, 0.3) is 0 Å². The Labute approximate surface area is 93.9 Å². The molecule has 1 aromatic rings. The molecule has 15 heavy (non-hydrogen) atoms. The molecule has 0 heterocycles. The highest BCUT2D eigenvalue weighted by Gasteiger charge is 2.44. The van der Waals surface area contributed by atoms with Crippen LogP contribution in [0.15, 0.2) is 18.2 Å². The predicted molar refractivity (Wildman–Crippen MR) is 58.5 cm³/mol. The van der Waals surface area contributed by atoms with E-state index in [0.29, 0.717) is 17.0 Å². The first-order valence-corrected chi connectivity index (χ1v) is 5.51. The number of hydrogen-bond donors (Lipinski definition) is 1. The van der Waals surface area contributed by atoms with Gasteiger partial charge in [-0.3, -0.25) is 0 Å². The Bertz CT molecular complexity index is 374. The van der Waals surface area contributed by atoms with Gasteiger partial charge in [0.15, 0.2) is 0 Å². The molecular weight excluding hydrogens is 215 g/mol. The van der Waals surface area contributed by atoms with Gasteiger partial charge in [0.25, 0.3) is 0 Å². The highest BCUT2D eigenvalue weighted by molar-refractivity contribution is 6.31. The number of aliphatic hydroxyl groups is 1. The van der Waals surface area contributed by atoms with Crippen LogP contribution in [0.1, 0.15) is 25.3 Å². The molecule has 0 aliphatic heterocycles. The molecule has 82 valence electrons. The highest BCUT2D eigenvalue weighted by Crippen LogP contribution is 2.49. The molecule has 2 rings (SSSR count). The SMILES string of the molecule is CC1(C(O)Cc2cc(F)ccc2Cl)CC1. The normalized spacial score (nSPS) is 20.0. The average molecular weight is 229 g/mol. The Morgan fingerprint density at radius 1 is 1.53 bits per heavy atom. The molecule has 0 bridgehead atoms. The van der Waals surface area contributed by atoms with Crippen LogP contribution in [-0.4, -0.2) is 11.2 Å². The van der Waals surface area contributed by atoms with Crippen LogP contribution in [-0.2, 0) is 6.42 Å². The van der Waals surface area contributed by atoms with Gasteiger partial charge in [-0.1, -0.05) is 18.5 Å². The van der Waals surface area contributed by atoms with Crippen LogP contribution in [0, 0.1) is 11.2 Å². The lowest BCUT2D eigenvalue weighted by atomic mass is 9.95. The molecule has 1 fully saturated rings. The summed E-state index contributed by atoms with van der Waals surface area (Å²) in [4.78, 5) is 0. The second kappa shape index (κ2) is 3.76. The van der Waals surface area contributed by atoms with E-state index in [1.165, 1.54) is 18.2 Å². The zero-order chi connectivity index (χ0) is 11.1. The summed E-state index contributed by atoms with van der Waals surface area (Å²) in [6, 6.07) is 4.27. The minimum atomic E-state index is -0.420. The molecule has 1 aromatic carbocycles. The van der Waals surface area contributed by atoms with Crippen molar-refractivity contribution in [2.24, 2.45) is 5.41 Å². The average Bonchev–Trinajstić information content (AvgIpc) is 2.91. The van der Waals surface area contributed by atoms with Crippen LogP contribution in [0.2, 0.25) is 5.02 Å². The second-order valence-corrected chi connectivity index (χ2v) is 5.02. The summed E-state index contributed by atoms with van der Waals surface area (Å²) < 4.78 is 13.0. The van der Waals surface area contributed by atoms with Gasteiger partial charge in [0.05, 0.1) is 6.10 Å². The summed E-state index contributed by atoms with van der Waals surface area (Å²) in [6.45, 7) is 2.05. The van der Waals surface area contributed by atoms with Crippen molar-refractivity contribution in [1.29, 1.82) is 0 Å². The summed E-state index contributed by atoms with van der Waals surface area (Å²) >= 11 is 5.93. The van der Waals surface area contributed by atoms with E-state index >= 15 is 0 Å². The van der Waals surface area contributed by atoms with E-state index < -0.39 is 6.10 Å². The van der Waals surface area contributed by atoms with E-state index in [-0.39, 0.29) is 11.2 Å². The van der Waals surface area contributed by atoms with Gasteiger partial charge in [-0.15, -0.1) is 0 Å². The van der Waals surface area contributed by atoms with Gasteiger partial charge in [-0.2, -0.15) is 0 Å². The molecule has 1 saturated carbocycles. The number of rotatable bonds is 3. The zero-order valence-corrected chi connectivity index (χ0v) is 9.39. The lowest BCUT2D eigenvalue weighted by Gasteiger charge is -2.18. The third-order valence-electron chi connectivity index (χ3n) is 3.26. The standard InChI is InChI=1S/C12H14ClFO/c1-12(4-5-12)11(15)7-8-6-9(14)2-3-10(8)13/h2-3,6,11,15H,4-5,7H2,1H3. The van der Waals surface area contributed by atoms with E-state index in [1.54, 1.807) is 0 Å². The van der Waals surface area contributed by atoms with Gasteiger partial charge in [-0.25, -0.2) is 4.39 Å². The van der Waals surface area contributed by atoms with Crippen LogP contribution in [0.3, 0.4) is 0 Å². The van der Waals surface area contributed by atoms with Crippen LogP contribution in [0.5, 0.6) is 0 Å². The van der Waals surface area contributed by atoms with E-state index in [0.717, 1.165) is 12.8 Å². The monoisotopic (exact) mass is 228 g/mol. The number of benzene rings is 1. The summed E-state index contributed by atoms with van der Waals surface area (Å²) in [5.41, 5.74) is 0.715. The predicted octanol–water partition coefficient (Wildman–Crippen LogP) is 3.18. The number of aliphatic hydroxyl groups excluding tert-OH is 1. The van der Waals surface area contributed by atoms with Crippen molar-refractivity contribution in [2.75, 3.05) is 0 Å². The molecule has 1 aliphatic carbocycles. The maximum Gasteiger partial charge on any atom is 0.123 e. The quantitative estimate of drug-likeness (QED) is 0.843. The van der Waals surface area contributed by atoms with Crippen molar-refractivity contribution < 1.29 is 9.50 Å². The fourth-order valence-electron chi connectivity index (χ4n) is 1.68. The van der Waals surface area contributed by atoms with Gasteiger partial charge in [0, 0.05) is 11.4 Å². The van der Waals surface area contributed by atoms with Crippen molar-refractivity contribution in [3.05, 3.63) is 34.6 Å². The van der Waals surface area contributed by atoms with Crippen molar-refractivity contribution in [2.45, 2.75) is 32.3 Å². The van der Waals surface area contributed by atoms with Crippen molar-refractivity contribution >= 4 is 11.6 Å². The summed E-state index contributed by atoms with van der Waals surface area (Å²) in [6.07, 6.45) is 2.10. The highest BCUT2D eigenvalue weighted by atomic mass is 35.5. The molecule has 0 spiro atoms. The molecule has 1 aliphatic rings. The lowest BCUT2D eigenvalue weighted by molar-refractivity contribution is 0.103. The van der Waals surface area contributed by atoms with E-state index in [9.17, 15) is 9.50 Å². The fourth-order valence-corrected chi connectivity index (χ4v) is 1.88. The first-order valence-electron chi connectivity index (χ1n) is 5.13. The molecule has 0 radical (unpaired) electrons. The van der Waals surface area contributed by atoms with Gasteiger partial charge in [-0.05, 0) is 42.0 Å². The summed E-state index contributed by atoms with van der Waals surface area (Å²) in [7, 11) is 0. The molecule has 3 heteroatoms. The fraction of sp³-hybridized carbons (Fsp3) is 0.500. The second-order valence-electron chi connectivity index (χ2n) is 4.61. The zero-order valence-electron chi connectivity index (χ0n) is 8.63. The summed E-state index contributed by atoms with van der Waals surface area (Å²) in [5, 5.41) is 10.5. The Morgan fingerprint density at radius 2 is 2.20 bits per heavy atom. The minimum absolute atomic E-state index is 0.0235. The van der Waals surface area contributed by atoms with Gasteiger partial charge < -0.3 is 5.11 Å². The molecule has 1 unspecified atom stereocenters. The Morgan fingerprint density at radius 3 is 2.80 bits per heavy atom. The molecule has 1 atom stereocenters. The maximum absolute atomic E-state index is 13.0. The molecule has 0 amide bonds. The van der Waals surface area contributed by atoms with Crippen molar-refractivity contribution in [3.63, 3.8) is 0 Å². The van der Waals surface area contributed by atoms with E-state index in [2.05, 4.69) is 0 Å². The first-order chi connectivity index (χ1) is 7.01. The Hall–Kier alpha value is -0.600. The molecule has 0 aromatic heterocycles. The van der Waals surface area contributed by atoms with Crippen LogP contribution >= 0.6 is 11.6 Å². The summed E-state index contributed by atoms with van der Waals surface area (Å²) in [5.74, 6) is -0.303. The van der Waals surface area contributed by atoms with Crippen molar-refractivity contribution in [1.82, 2.24) is 0 Å². The third-order valence-corrected chi connectivity index (χ3v) is 3.63. The van der Waals surface area contributed by atoms with Crippen LogP contribution < -0.4 is 0 Å². The largest absolute Gasteiger partial charge is 0.392 e. The van der Waals surface area contributed by atoms with Gasteiger partial charge in [0.2, 0.25) is 0 Å².